The third-order valence-corrected chi connectivity index (χ3v) is 2.20. The Labute approximate surface area is 100 Å². The normalized spacial score (nSPS) is 9.81. The molecule has 2 aromatic rings. The third kappa shape index (κ3) is 2.60. The smallest absolute Gasteiger partial charge is 0.258 e. The number of carbonyl (C=O) groups excluding carboxylic acids is 1. The minimum atomic E-state index is -0.260. The van der Waals surface area contributed by atoms with Gasteiger partial charge in [-0.2, -0.15) is 0 Å². The fraction of sp³-hybridized carbons (Fsp3) is 0. The van der Waals surface area contributed by atoms with Crippen molar-refractivity contribution in [2.24, 2.45) is 0 Å². The van der Waals surface area contributed by atoms with Gasteiger partial charge in [0.2, 0.25) is 5.95 Å². The largest absolute Gasteiger partial charge is 0.290 e. The molecule has 0 saturated carbocycles. The van der Waals surface area contributed by atoms with E-state index in [4.69, 9.17) is 0 Å². The summed E-state index contributed by atoms with van der Waals surface area (Å²) in [6, 6.07) is 3.24. The van der Waals surface area contributed by atoms with Crippen LogP contribution in [-0.4, -0.2) is 20.9 Å². The van der Waals surface area contributed by atoms with E-state index in [0.717, 1.165) is 4.47 Å². The summed E-state index contributed by atoms with van der Waals surface area (Å²) >= 11 is 3.21. The van der Waals surface area contributed by atoms with Crippen LogP contribution in [0.25, 0.3) is 0 Å². The molecule has 80 valence electrons. The Morgan fingerprint density at radius 2 is 1.81 bits per heavy atom. The molecule has 1 N–H and O–H groups in total. The van der Waals surface area contributed by atoms with E-state index in [1.807, 2.05) is 0 Å². The summed E-state index contributed by atoms with van der Waals surface area (Å²) in [6.07, 6.45) is 6.24. The van der Waals surface area contributed by atoms with Crippen molar-refractivity contribution in [3.8, 4) is 0 Å². The van der Waals surface area contributed by atoms with Crippen molar-refractivity contribution in [3.63, 3.8) is 0 Å². The number of pyridine rings is 1. The fourth-order valence-electron chi connectivity index (χ4n) is 1.05. The number of amides is 1. The van der Waals surface area contributed by atoms with Gasteiger partial charge in [-0.25, -0.2) is 9.97 Å². The quantitative estimate of drug-likeness (QED) is 0.911. The highest BCUT2D eigenvalue weighted by Crippen LogP contribution is 2.07. The van der Waals surface area contributed by atoms with Crippen LogP contribution < -0.4 is 5.32 Å². The van der Waals surface area contributed by atoms with Crippen LogP contribution in [0.5, 0.6) is 0 Å². The molecule has 0 aliphatic carbocycles. The summed E-state index contributed by atoms with van der Waals surface area (Å²) in [6.45, 7) is 0. The molecular formula is C10H7BrN4O. The molecule has 0 unspecified atom stereocenters. The molecule has 1 amide bonds. The van der Waals surface area contributed by atoms with E-state index < -0.39 is 0 Å². The van der Waals surface area contributed by atoms with E-state index in [-0.39, 0.29) is 11.9 Å². The zero-order valence-electron chi connectivity index (χ0n) is 8.09. The SMILES string of the molecule is O=C(Nc1ncc(Br)cn1)c1ccncc1. The van der Waals surface area contributed by atoms with Crippen molar-refractivity contribution in [2.75, 3.05) is 5.32 Å². The summed E-state index contributed by atoms with van der Waals surface area (Å²) in [5.41, 5.74) is 0.515. The Bertz CT molecular complexity index is 486. The molecule has 0 radical (unpaired) electrons. The van der Waals surface area contributed by atoms with Gasteiger partial charge in [-0.3, -0.25) is 15.1 Å². The highest BCUT2D eigenvalue weighted by Gasteiger charge is 2.06. The van der Waals surface area contributed by atoms with E-state index >= 15 is 0 Å². The van der Waals surface area contributed by atoms with Crippen LogP contribution in [0.3, 0.4) is 0 Å². The first-order valence-corrected chi connectivity index (χ1v) is 5.24. The van der Waals surface area contributed by atoms with Crippen LogP contribution in [0.4, 0.5) is 5.95 Å². The van der Waals surface area contributed by atoms with Gasteiger partial charge in [0.1, 0.15) is 0 Å². The standard InChI is InChI=1S/C10H7BrN4O/c11-8-5-13-10(14-6-8)15-9(16)7-1-3-12-4-2-7/h1-6H,(H,13,14,15,16). The lowest BCUT2D eigenvalue weighted by Gasteiger charge is -2.02. The van der Waals surface area contributed by atoms with E-state index in [1.165, 1.54) is 0 Å². The number of halogens is 1. The van der Waals surface area contributed by atoms with Gasteiger partial charge >= 0.3 is 0 Å². The monoisotopic (exact) mass is 278 g/mol. The first-order valence-electron chi connectivity index (χ1n) is 4.44. The van der Waals surface area contributed by atoms with Crippen LogP contribution in [0.1, 0.15) is 10.4 Å². The molecule has 0 fully saturated rings. The average molecular weight is 279 g/mol. The Morgan fingerprint density at radius 3 is 2.44 bits per heavy atom. The topological polar surface area (TPSA) is 67.8 Å². The molecule has 6 heteroatoms. The van der Waals surface area contributed by atoms with Gasteiger partial charge in [-0.1, -0.05) is 0 Å². The number of hydrogen-bond acceptors (Lipinski definition) is 4. The lowest BCUT2D eigenvalue weighted by Crippen LogP contribution is -2.13. The number of nitrogens with one attached hydrogen (secondary N) is 1. The van der Waals surface area contributed by atoms with Gasteiger partial charge in [-0.05, 0) is 28.1 Å². The predicted molar refractivity (Wildman–Crippen MR) is 61.9 cm³/mol. The highest BCUT2D eigenvalue weighted by molar-refractivity contribution is 9.10. The van der Waals surface area contributed by atoms with E-state index in [0.29, 0.717) is 5.56 Å². The molecule has 5 nitrogen and oxygen atoms in total. The zero-order valence-corrected chi connectivity index (χ0v) is 9.68. The predicted octanol–water partition coefficient (Wildman–Crippen LogP) is 1.89. The second-order valence-corrected chi connectivity index (χ2v) is 3.83. The molecule has 0 aliphatic rings. The first kappa shape index (κ1) is 10.7. The van der Waals surface area contributed by atoms with Gasteiger partial charge < -0.3 is 0 Å². The van der Waals surface area contributed by atoms with E-state index in [2.05, 4.69) is 36.2 Å². The zero-order chi connectivity index (χ0) is 11.4. The van der Waals surface area contributed by atoms with E-state index in [1.54, 1.807) is 36.9 Å². The van der Waals surface area contributed by atoms with Gasteiger partial charge in [-0.15, -0.1) is 0 Å². The number of rotatable bonds is 2. The van der Waals surface area contributed by atoms with Crippen LogP contribution in [0.15, 0.2) is 41.4 Å². The molecule has 2 aromatic heterocycles. The molecule has 0 spiro atoms. The van der Waals surface area contributed by atoms with Crippen molar-refractivity contribution in [3.05, 3.63) is 47.0 Å². The summed E-state index contributed by atoms with van der Waals surface area (Å²) in [4.78, 5) is 23.4. The molecule has 2 rings (SSSR count). The summed E-state index contributed by atoms with van der Waals surface area (Å²) in [5, 5.41) is 2.58. The number of nitrogens with zero attached hydrogens (tertiary/aromatic N) is 3. The minimum Gasteiger partial charge on any atom is -0.290 e. The summed E-state index contributed by atoms with van der Waals surface area (Å²) in [5.74, 6) is 0.00901. The summed E-state index contributed by atoms with van der Waals surface area (Å²) < 4.78 is 0.759. The van der Waals surface area contributed by atoms with Crippen molar-refractivity contribution in [1.82, 2.24) is 15.0 Å². The van der Waals surface area contributed by atoms with Gasteiger partial charge in [0.25, 0.3) is 5.91 Å². The van der Waals surface area contributed by atoms with Crippen molar-refractivity contribution >= 4 is 27.8 Å². The maximum absolute atomic E-state index is 11.7. The van der Waals surface area contributed by atoms with E-state index in [9.17, 15) is 4.79 Å². The molecule has 0 aliphatic heterocycles. The molecule has 0 saturated heterocycles. The van der Waals surface area contributed by atoms with Crippen LogP contribution in [-0.2, 0) is 0 Å². The van der Waals surface area contributed by atoms with Crippen molar-refractivity contribution in [2.45, 2.75) is 0 Å². The molecule has 16 heavy (non-hydrogen) atoms. The Hall–Kier alpha value is -1.82. The van der Waals surface area contributed by atoms with Gasteiger partial charge in [0.05, 0.1) is 4.47 Å². The molecule has 0 aromatic carbocycles. The number of anilines is 1. The second-order valence-electron chi connectivity index (χ2n) is 2.91. The maximum Gasteiger partial charge on any atom is 0.258 e. The number of carbonyl (C=O) groups is 1. The highest BCUT2D eigenvalue weighted by atomic mass is 79.9. The number of aromatic nitrogens is 3. The van der Waals surface area contributed by atoms with Crippen LogP contribution in [0.2, 0.25) is 0 Å². The van der Waals surface area contributed by atoms with Crippen molar-refractivity contribution in [1.29, 1.82) is 0 Å². The Balaban J connectivity index is 2.11. The lowest BCUT2D eigenvalue weighted by molar-refractivity contribution is 0.102. The second kappa shape index (κ2) is 4.80. The van der Waals surface area contributed by atoms with Gasteiger partial charge in [0.15, 0.2) is 0 Å². The first-order chi connectivity index (χ1) is 7.75. The van der Waals surface area contributed by atoms with Crippen molar-refractivity contribution < 1.29 is 4.79 Å². The molecule has 2 heterocycles. The van der Waals surface area contributed by atoms with Crippen LogP contribution in [0, 0.1) is 0 Å². The van der Waals surface area contributed by atoms with Gasteiger partial charge in [0, 0.05) is 30.4 Å². The molecule has 0 atom stereocenters. The third-order valence-electron chi connectivity index (χ3n) is 1.79. The Kier molecular flexibility index (Phi) is 3.21. The minimum absolute atomic E-state index is 0.260. The molecular weight excluding hydrogens is 272 g/mol. The average Bonchev–Trinajstić information content (AvgIpc) is 2.33. The maximum atomic E-state index is 11.7. The van der Waals surface area contributed by atoms with Crippen LogP contribution >= 0.6 is 15.9 Å². The fourth-order valence-corrected chi connectivity index (χ4v) is 1.26. The number of hydrogen-bond donors (Lipinski definition) is 1. The Morgan fingerprint density at radius 1 is 1.19 bits per heavy atom. The lowest BCUT2D eigenvalue weighted by atomic mass is 10.2. The molecule has 0 bridgehead atoms. The summed E-state index contributed by atoms with van der Waals surface area (Å²) in [7, 11) is 0.